The summed E-state index contributed by atoms with van der Waals surface area (Å²) in [5.74, 6) is -0.914. The fourth-order valence-electron chi connectivity index (χ4n) is 1.66. The minimum atomic E-state index is -1.02. The first-order valence-corrected chi connectivity index (χ1v) is 6.24. The van der Waals surface area contributed by atoms with Crippen LogP contribution in [0.1, 0.15) is 15.9 Å². The van der Waals surface area contributed by atoms with E-state index in [4.69, 9.17) is 21.4 Å². The van der Waals surface area contributed by atoms with Crippen LogP contribution in [0.4, 0.5) is 5.69 Å². The number of aromatic carboxylic acids is 1. The van der Waals surface area contributed by atoms with Crippen LogP contribution in [0.5, 0.6) is 5.75 Å². The first-order valence-electron chi connectivity index (χ1n) is 5.86. The maximum absolute atomic E-state index is 10.9. The van der Waals surface area contributed by atoms with Crippen LogP contribution in [0, 0.1) is 10.1 Å². The van der Waals surface area contributed by atoms with Crippen LogP contribution in [0.25, 0.3) is 0 Å². The molecule has 0 saturated carbocycles. The second-order valence-electron chi connectivity index (χ2n) is 4.16. The normalized spacial score (nSPS) is 10.1. The molecular formula is C14H10ClNO5. The average molecular weight is 308 g/mol. The van der Waals surface area contributed by atoms with Gasteiger partial charge in [0, 0.05) is 11.1 Å². The number of hydrogen-bond donors (Lipinski definition) is 1. The molecular weight excluding hydrogens is 298 g/mol. The average Bonchev–Trinajstić information content (AvgIpc) is 2.46. The predicted molar refractivity (Wildman–Crippen MR) is 75.8 cm³/mol. The molecule has 0 amide bonds. The van der Waals surface area contributed by atoms with E-state index in [0.717, 1.165) is 0 Å². The van der Waals surface area contributed by atoms with Crippen molar-refractivity contribution in [2.45, 2.75) is 6.61 Å². The standard InChI is InChI=1S/C14H10ClNO5/c15-11-5-6-13(12(7-11)16(19)20)21-8-9-1-3-10(4-2-9)14(17)18/h1-7H,8H2,(H,17,18). The van der Waals surface area contributed by atoms with Crippen LogP contribution in [0.3, 0.4) is 0 Å². The zero-order valence-electron chi connectivity index (χ0n) is 10.7. The molecule has 0 bridgehead atoms. The molecule has 0 unspecified atom stereocenters. The molecule has 0 aromatic heterocycles. The Morgan fingerprint density at radius 3 is 2.48 bits per heavy atom. The van der Waals surface area contributed by atoms with Gasteiger partial charge in [-0.15, -0.1) is 0 Å². The molecule has 2 aromatic rings. The number of carboxylic acid groups (broad SMARTS) is 1. The third-order valence-corrected chi connectivity index (χ3v) is 2.95. The monoisotopic (exact) mass is 307 g/mol. The van der Waals surface area contributed by atoms with Crippen molar-refractivity contribution in [3.05, 3.63) is 68.7 Å². The van der Waals surface area contributed by atoms with E-state index < -0.39 is 10.9 Å². The first kappa shape index (κ1) is 14.8. The lowest BCUT2D eigenvalue weighted by Gasteiger charge is -2.07. The number of ether oxygens (including phenoxy) is 1. The molecule has 21 heavy (non-hydrogen) atoms. The van der Waals surface area contributed by atoms with Crippen LogP contribution in [-0.2, 0) is 6.61 Å². The van der Waals surface area contributed by atoms with Crippen LogP contribution < -0.4 is 4.74 Å². The molecule has 2 aromatic carbocycles. The molecule has 0 atom stereocenters. The molecule has 0 spiro atoms. The Labute approximate surface area is 124 Å². The fourth-order valence-corrected chi connectivity index (χ4v) is 1.83. The lowest BCUT2D eigenvalue weighted by atomic mass is 10.1. The highest BCUT2D eigenvalue weighted by Gasteiger charge is 2.15. The number of rotatable bonds is 5. The third-order valence-electron chi connectivity index (χ3n) is 2.71. The Kier molecular flexibility index (Phi) is 4.39. The molecule has 0 fully saturated rings. The summed E-state index contributed by atoms with van der Waals surface area (Å²) >= 11 is 5.71. The minimum Gasteiger partial charge on any atom is -0.482 e. The van der Waals surface area contributed by atoms with Crippen LogP contribution in [0.15, 0.2) is 42.5 Å². The molecule has 0 aliphatic carbocycles. The molecule has 7 heteroatoms. The van der Waals surface area contributed by atoms with E-state index in [1.165, 1.54) is 30.3 Å². The summed E-state index contributed by atoms with van der Waals surface area (Å²) in [6, 6.07) is 10.2. The van der Waals surface area contributed by atoms with E-state index in [9.17, 15) is 14.9 Å². The summed E-state index contributed by atoms with van der Waals surface area (Å²) < 4.78 is 5.39. The van der Waals surface area contributed by atoms with Gasteiger partial charge in [0.2, 0.25) is 0 Å². The Hall–Kier alpha value is -2.60. The summed E-state index contributed by atoms with van der Waals surface area (Å²) in [7, 11) is 0. The van der Waals surface area contributed by atoms with E-state index in [-0.39, 0.29) is 28.6 Å². The summed E-state index contributed by atoms with van der Waals surface area (Å²) in [6.45, 7) is 0.0857. The van der Waals surface area contributed by atoms with Crippen molar-refractivity contribution in [2.75, 3.05) is 0 Å². The minimum absolute atomic E-state index is 0.0857. The second kappa shape index (κ2) is 6.23. The van der Waals surface area contributed by atoms with Crippen LogP contribution in [-0.4, -0.2) is 16.0 Å². The summed E-state index contributed by atoms with van der Waals surface area (Å²) in [4.78, 5) is 21.1. The lowest BCUT2D eigenvalue weighted by molar-refractivity contribution is -0.385. The number of carboxylic acids is 1. The van der Waals surface area contributed by atoms with Crippen molar-refractivity contribution in [3.8, 4) is 5.75 Å². The summed E-state index contributed by atoms with van der Waals surface area (Å²) in [6.07, 6.45) is 0. The van der Waals surface area contributed by atoms with E-state index >= 15 is 0 Å². The van der Waals surface area contributed by atoms with E-state index in [1.54, 1.807) is 12.1 Å². The molecule has 6 nitrogen and oxygen atoms in total. The van der Waals surface area contributed by atoms with Crippen LogP contribution >= 0.6 is 11.6 Å². The second-order valence-corrected chi connectivity index (χ2v) is 4.60. The van der Waals surface area contributed by atoms with Crippen molar-refractivity contribution < 1.29 is 19.6 Å². The Bertz CT molecular complexity index is 684. The molecule has 0 saturated heterocycles. The van der Waals surface area contributed by atoms with Gasteiger partial charge in [-0.1, -0.05) is 23.7 Å². The van der Waals surface area contributed by atoms with Crippen molar-refractivity contribution >= 4 is 23.3 Å². The highest BCUT2D eigenvalue weighted by atomic mass is 35.5. The zero-order chi connectivity index (χ0) is 15.4. The van der Waals surface area contributed by atoms with Gasteiger partial charge < -0.3 is 9.84 Å². The van der Waals surface area contributed by atoms with Gasteiger partial charge in [-0.25, -0.2) is 4.79 Å². The van der Waals surface area contributed by atoms with Gasteiger partial charge in [-0.3, -0.25) is 10.1 Å². The highest BCUT2D eigenvalue weighted by Crippen LogP contribution is 2.30. The molecule has 0 aliphatic rings. The van der Waals surface area contributed by atoms with E-state index in [2.05, 4.69) is 0 Å². The predicted octanol–water partition coefficient (Wildman–Crippen LogP) is 3.53. The maximum Gasteiger partial charge on any atom is 0.335 e. The third kappa shape index (κ3) is 3.70. The van der Waals surface area contributed by atoms with Gasteiger partial charge in [0.1, 0.15) is 6.61 Å². The molecule has 1 N–H and O–H groups in total. The largest absolute Gasteiger partial charge is 0.482 e. The van der Waals surface area contributed by atoms with Gasteiger partial charge in [0.15, 0.2) is 5.75 Å². The fraction of sp³-hybridized carbons (Fsp3) is 0.0714. The maximum atomic E-state index is 10.9. The number of halogens is 1. The van der Waals surface area contributed by atoms with Crippen molar-refractivity contribution in [2.24, 2.45) is 0 Å². The first-order chi connectivity index (χ1) is 9.97. The number of nitro groups is 1. The number of nitro benzene ring substituents is 1. The van der Waals surface area contributed by atoms with E-state index in [1.807, 2.05) is 0 Å². The van der Waals surface area contributed by atoms with Gasteiger partial charge in [0.05, 0.1) is 10.5 Å². The van der Waals surface area contributed by atoms with Gasteiger partial charge in [0.25, 0.3) is 0 Å². The Balaban J connectivity index is 2.13. The lowest BCUT2D eigenvalue weighted by Crippen LogP contribution is -2.00. The van der Waals surface area contributed by atoms with Gasteiger partial charge >= 0.3 is 11.7 Å². The number of carbonyl (C=O) groups is 1. The van der Waals surface area contributed by atoms with Crippen molar-refractivity contribution in [1.29, 1.82) is 0 Å². The SMILES string of the molecule is O=C(O)c1ccc(COc2ccc(Cl)cc2[N+](=O)[O-])cc1. The quantitative estimate of drug-likeness (QED) is 0.674. The highest BCUT2D eigenvalue weighted by molar-refractivity contribution is 6.30. The van der Waals surface area contributed by atoms with Crippen molar-refractivity contribution in [3.63, 3.8) is 0 Å². The molecule has 0 heterocycles. The number of hydrogen-bond acceptors (Lipinski definition) is 4. The Morgan fingerprint density at radius 1 is 1.24 bits per heavy atom. The van der Waals surface area contributed by atoms with Gasteiger partial charge in [-0.05, 0) is 29.8 Å². The molecule has 0 radical (unpaired) electrons. The van der Waals surface area contributed by atoms with Gasteiger partial charge in [-0.2, -0.15) is 0 Å². The van der Waals surface area contributed by atoms with E-state index in [0.29, 0.717) is 5.56 Å². The molecule has 108 valence electrons. The summed E-state index contributed by atoms with van der Waals surface area (Å²) in [5.41, 5.74) is 0.644. The number of nitrogens with zero attached hydrogens (tertiary/aromatic N) is 1. The van der Waals surface area contributed by atoms with Crippen LogP contribution in [0.2, 0.25) is 5.02 Å². The summed E-state index contributed by atoms with van der Waals surface area (Å²) in [5, 5.41) is 19.9. The topological polar surface area (TPSA) is 89.7 Å². The molecule has 0 aliphatic heterocycles. The smallest absolute Gasteiger partial charge is 0.335 e. The van der Waals surface area contributed by atoms with Crippen molar-refractivity contribution in [1.82, 2.24) is 0 Å². The number of benzene rings is 2. The Morgan fingerprint density at radius 2 is 1.90 bits per heavy atom. The zero-order valence-corrected chi connectivity index (χ0v) is 11.4. The molecule has 2 rings (SSSR count).